The van der Waals surface area contributed by atoms with Crippen LogP contribution in [0.15, 0.2) is 22.2 Å². The third-order valence-electron chi connectivity index (χ3n) is 1.65. The molecule has 1 aliphatic heterocycles. The first-order chi connectivity index (χ1) is 5.27. The summed E-state index contributed by atoms with van der Waals surface area (Å²) in [5, 5.41) is 1.34. The summed E-state index contributed by atoms with van der Waals surface area (Å²) in [4.78, 5) is 15.3. The minimum Gasteiger partial charge on any atom is -0.287 e. The molecule has 2 heterocycles. The van der Waals surface area contributed by atoms with Crippen molar-refractivity contribution in [3.8, 4) is 0 Å². The maximum atomic E-state index is 11.2. The first-order valence-electron chi connectivity index (χ1n) is 3.50. The summed E-state index contributed by atoms with van der Waals surface area (Å²) in [7, 11) is 0. The van der Waals surface area contributed by atoms with Gasteiger partial charge < -0.3 is 0 Å². The van der Waals surface area contributed by atoms with Crippen LogP contribution < -0.4 is 5.56 Å². The minimum atomic E-state index is 0.0619. The third kappa shape index (κ3) is 1.07. The lowest BCUT2D eigenvalue weighted by Crippen LogP contribution is -2.19. The molecule has 0 unspecified atom stereocenters. The molecule has 0 saturated carbocycles. The molecule has 1 aromatic heterocycles. The largest absolute Gasteiger partial charge is 0.287 e. The van der Waals surface area contributed by atoms with Crippen LogP contribution in [0.5, 0.6) is 0 Å². The van der Waals surface area contributed by atoms with E-state index in [0.29, 0.717) is 5.25 Å². The lowest BCUT2D eigenvalue weighted by Gasteiger charge is -1.96. The summed E-state index contributed by atoms with van der Waals surface area (Å²) in [6, 6.07) is 1.50. The van der Waals surface area contributed by atoms with Crippen molar-refractivity contribution in [2.24, 2.45) is 0 Å². The minimum absolute atomic E-state index is 0.0619. The van der Waals surface area contributed by atoms with Crippen molar-refractivity contribution < 1.29 is 0 Å². The fourth-order valence-electron chi connectivity index (χ4n) is 1.16. The molecule has 1 atom stereocenters. The molecule has 0 spiro atoms. The van der Waals surface area contributed by atoms with E-state index in [4.69, 9.17) is 0 Å². The Morgan fingerprint density at radius 1 is 1.82 bits per heavy atom. The number of nitrogens with zero attached hydrogens (tertiary/aromatic N) is 2. The highest BCUT2D eigenvalue weighted by atomic mass is 32.2. The van der Waals surface area contributed by atoms with E-state index >= 15 is 0 Å². The van der Waals surface area contributed by atoms with Gasteiger partial charge in [0.15, 0.2) is 5.16 Å². The SMILES string of the molecule is C[C@@H]1Cn2c(nccc2=O)S1. The van der Waals surface area contributed by atoms with Gasteiger partial charge in [0, 0.05) is 24.1 Å². The fraction of sp³-hybridized carbons (Fsp3) is 0.429. The van der Waals surface area contributed by atoms with Crippen molar-refractivity contribution in [3.63, 3.8) is 0 Å². The molecule has 0 bridgehead atoms. The second-order valence-electron chi connectivity index (χ2n) is 2.60. The van der Waals surface area contributed by atoms with E-state index in [2.05, 4.69) is 11.9 Å². The summed E-state index contributed by atoms with van der Waals surface area (Å²) in [5.41, 5.74) is 0.0619. The highest BCUT2D eigenvalue weighted by molar-refractivity contribution is 7.99. The zero-order chi connectivity index (χ0) is 7.84. The maximum Gasteiger partial charge on any atom is 0.254 e. The number of rotatable bonds is 0. The second-order valence-corrected chi connectivity index (χ2v) is 4.01. The van der Waals surface area contributed by atoms with Gasteiger partial charge in [-0.15, -0.1) is 0 Å². The van der Waals surface area contributed by atoms with Crippen molar-refractivity contribution >= 4 is 11.8 Å². The molecule has 0 radical (unpaired) electrons. The van der Waals surface area contributed by atoms with Crippen LogP contribution in [0.4, 0.5) is 0 Å². The molecule has 4 heteroatoms. The molecule has 58 valence electrons. The number of hydrogen-bond acceptors (Lipinski definition) is 3. The first-order valence-corrected chi connectivity index (χ1v) is 4.38. The Bertz CT molecular complexity index is 333. The Kier molecular flexibility index (Phi) is 1.49. The monoisotopic (exact) mass is 168 g/mol. The first kappa shape index (κ1) is 6.91. The summed E-state index contributed by atoms with van der Waals surface area (Å²) < 4.78 is 1.72. The Morgan fingerprint density at radius 2 is 2.64 bits per heavy atom. The molecule has 1 aromatic rings. The van der Waals surface area contributed by atoms with Gasteiger partial charge in [0.05, 0.1) is 0 Å². The molecule has 0 saturated heterocycles. The Morgan fingerprint density at radius 3 is 3.36 bits per heavy atom. The smallest absolute Gasteiger partial charge is 0.254 e. The van der Waals surface area contributed by atoms with Crippen molar-refractivity contribution in [1.82, 2.24) is 9.55 Å². The molecule has 11 heavy (non-hydrogen) atoms. The Labute approximate surface area is 68.5 Å². The molecule has 0 N–H and O–H groups in total. The van der Waals surface area contributed by atoms with Gasteiger partial charge in [-0.1, -0.05) is 18.7 Å². The average Bonchev–Trinajstić information content (AvgIpc) is 2.31. The topological polar surface area (TPSA) is 34.9 Å². The van der Waals surface area contributed by atoms with Gasteiger partial charge in [0.25, 0.3) is 5.56 Å². The molecule has 3 nitrogen and oxygen atoms in total. The van der Waals surface area contributed by atoms with Gasteiger partial charge in [0.2, 0.25) is 0 Å². The van der Waals surface area contributed by atoms with Crippen molar-refractivity contribution in [1.29, 1.82) is 0 Å². The fourth-order valence-corrected chi connectivity index (χ4v) is 2.15. The van der Waals surface area contributed by atoms with Gasteiger partial charge in [-0.25, -0.2) is 4.98 Å². The van der Waals surface area contributed by atoms with Crippen LogP contribution in [0.1, 0.15) is 6.92 Å². The highest BCUT2D eigenvalue weighted by Crippen LogP contribution is 2.27. The van der Waals surface area contributed by atoms with Crippen molar-refractivity contribution in [2.75, 3.05) is 0 Å². The lowest BCUT2D eigenvalue weighted by molar-refractivity contribution is 0.618. The second kappa shape index (κ2) is 2.37. The van der Waals surface area contributed by atoms with E-state index in [0.717, 1.165) is 11.7 Å². The van der Waals surface area contributed by atoms with E-state index < -0.39 is 0 Å². The Balaban J connectivity index is 2.58. The normalized spacial score (nSPS) is 21.7. The summed E-state index contributed by atoms with van der Waals surface area (Å²) in [5.74, 6) is 0. The van der Waals surface area contributed by atoms with E-state index in [-0.39, 0.29) is 5.56 Å². The van der Waals surface area contributed by atoms with Gasteiger partial charge in [-0.3, -0.25) is 9.36 Å². The average molecular weight is 168 g/mol. The van der Waals surface area contributed by atoms with Crippen molar-refractivity contribution in [3.05, 3.63) is 22.6 Å². The van der Waals surface area contributed by atoms with Crippen LogP contribution in [-0.4, -0.2) is 14.8 Å². The number of aromatic nitrogens is 2. The van der Waals surface area contributed by atoms with Gasteiger partial charge in [-0.05, 0) is 0 Å². The maximum absolute atomic E-state index is 11.2. The number of hydrogen-bond donors (Lipinski definition) is 0. The van der Waals surface area contributed by atoms with Crippen LogP contribution in [0.2, 0.25) is 0 Å². The van der Waals surface area contributed by atoms with E-state index in [1.165, 1.54) is 6.07 Å². The standard InChI is InChI=1S/C7H8N2OS/c1-5-4-9-6(10)2-3-8-7(9)11-5/h2-3,5H,4H2,1H3/t5-/m1/s1. The molecule has 2 rings (SSSR count). The van der Waals surface area contributed by atoms with Gasteiger partial charge in [-0.2, -0.15) is 0 Å². The summed E-state index contributed by atoms with van der Waals surface area (Å²) in [6.45, 7) is 2.89. The van der Waals surface area contributed by atoms with Crippen molar-refractivity contribution in [2.45, 2.75) is 23.9 Å². The van der Waals surface area contributed by atoms with Crippen LogP contribution in [0.25, 0.3) is 0 Å². The van der Waals surface area contributed by atoms with Crippen LogP contribution in [0.3, 0.4) is 0 Å². The van der Waals surface area contributed by atoms with E-state index in [1.807, 2.05) is 0 Å². The van der Waals surface area contributed by atoms with Crippen LogP contribution in [-0.2, 0) is 6.54 Å². The Hall–Kier alpha value is -0.770. The van der Waals surface area contributed by atoms with Gasteiger partial charge in [0.1, 0.15) is 0 Å². The van der Waals surface area contributed by atoms with E-state index in [9.17, 15) is 4.79 Å². The number of fused-ring (bicyclic) bond motifs is 1. The quantitative estimate of drug-likeness (QED) is 0.536. The van der Waals surface area contributed by atoms with Crippen LogP contribution >= 0.6 is 11.8 Å². The zero-order valence-corrected chi connectivity index (χ0v) is 6.97. The number of thioether (sulfide) groups is 1. The van der Waals surface area contributed by atoms with Gasteiger partial charge >= 0.3 is 0 Å². The molecule has 0 aromatic carbocycles. The predicted octanol–water partition coefficient (Wildman–Crippen LogP) is 0.737. The third-order valence-corrected chi connectivity index (χ3v) is 2.73. The molecule has 0 aliphatic carbocycles. The molecule has 0 amide bonds. The molecule has 0 fully saturated rings. The molecule has 1 aliphatic rings. The highest BCUT2D eigenvalue weighted by Gasteiger charge is 2.19. The summed E-state index contributed by atoms with van der Waals surface area (Å²) >= 11 is 1.66. The zero-order valence-electron chi connectivity index (χ0n) is 6.15. The van der Waals surface area contributed by atoms with Crippen LogP contribution in [0, 0.1) is 0 Å². The predicted molar refractivity (Wildman–Crippen MR) is 43.8 cm³/mol. The molecular formula is C7H8N2OS. The molecular weight excluding hydrogens is 160 g/mol. The lowest BCUT2D eigenvalue weighted by atomic mass is 10.4. The summed E-state index contributed by atoms with van der Waals surface area (Å²) in [6.07, 6.45) is 1.57. The van der Waals surface area contributed by atoms with E-state index in [1.54, 1.807) is 22.5 Å².